The molecule has 39 heavy (non-hydrogen) atoms. The highest BCUT2D eigenvalue weighted by Gasteiger charge is 2.63. The largest absolute Gasteiger partial charge is 0.435 e. The summed E-state index contributed by atoms with van der Waals surface area (Å²) in [6.45, 7) is 2.87. The van der Waals surface area contributed by atoms with Crippen LogP contribution in [0, 0.1) is 5.92 Å². The molecule has 0 aromatic heterocycles. The molecule has 4 rings (SSSR count). The first-order valence-corrected chi connectivity index (χ1v) is 11.5. The van der Waals surface area contributed by atoms with Crippen molar-refractivity contribution in [3.8, 4) is 0 Å². The fraction of sp³-hybridized carbons (Fsp3) is 0.440. The Kier molecular flexibility index (Phi) is 6.71. The van der Waals surface area contributed by atoms with Crippen molar-refractivity contribution in [1.82, 2.24) is 4.90 Å². The van der Waals surface area contributed by atoms with Gasteiger partial charge in [-0.25, -0.2) is 4.39 Å². The summed E-state index contributed by atoms with van der Waals surface area (Å²) in [6.07, 6.45) is -17.4. The molecule has 0 N–H and O–H groups in total. The summed E-state index contributed by atoms with van der Waals surface area (Å²) < 4.78 is 138. The maximum atomic E-state index is 15.2. The number of likely N-dealkylation sites (tertiary alicyclic amines) is 1. The summed E-state index contributed by atoms with van der Waals surface area (Å²) in [4.78, 5) is 17.9. The number of carbonyl (C=O) groups excluding carboxylic acids is 1. The van der Waals surface area contributed by atoms with Gasteiger partial charge in [0.25, 0.3) is 5.60 Å². The van der Waals surface area contributed by atoms with E-state index in [1.165, 1.54) is 29.2 Å². The van der Waals surface area contributed by atoms with Crippen LogP contribution < -0.4 is 0 Å². The summed E-state index contributed by atoms with van der Waals surface area (Å²) in [5.41, 5.74) is -11.1. The summed E-state index contributed by atoms with van der Waals surface area (Å²) in [5.74, 6) is -0.584. The Balaban J connectivity index is 1.64. The third-order valence-electron chi connectivity index (χ3n) is 6.66. The van der Waals surface area contributed by atoms with E-state index in [1.54, 1.807) is 13.8 Å². The Bertz CT molecular complexity index is 1260. The van der Waals surface area contributed by atoms with Crippen molar-refractivity contribution in [2.24, 2.45) is 11.1 Å². The minimum absolute atomic E-state index is 0.00840. The van der Waals surface area contributed by atoms with Gasteiger partial charge in [-0.05, 0) is 29.3 Å². The molecule has 2 aromatic carbocycles. The molecule has 212 valence electrons. The molecule has 1 amide bonds. The van der Waals surface area contributed by atoms with Gasteiger partial charge in [0.2, 0.25) is 5.91 Å². The molecular weight excluding hydrogens is 550 g/mol. The lowest BCUT2D eigenvalue weighted by atomic mass is 9.83. The predicted octanol–water partition coefficient (Wildman–Crippen LogP) is 6.97. The van der Waals surface area contributed by atoms with Gasteiger partial charge in [-0.1, -0.05) is 43.3 Å². The molecule has 4 nitrogen and oxygen atoms in total. The lowest BCUT2D eigenvalue weighted by molar-refractivity contribution is -0.276. The van der Waals surface area contributed by atoms with Crippen LogP contribution in [0.15, 0.2) is 47.6 Å². The Morgan fingerprint density at radius 3 is 1.82 bits per heavy atom. The molecule has 2 aliphatic rings. The number of amides is 1. The van der Waals surface area contributed by atoms with Crippen LogP contribution in [-0.2, 0) is 33.3 Å². The van der Waals surface area contributed by atoms with Crippen LogP contribution in [0.3, 0.4) is 0 Å². The van der Waals surface area contributed by atoms with Crippen molar-refractivity contribution >= 4 is 11.6 Å². The molecule has 0 spiro atoms. The van der Waals surface area contributed by atoms with Gasteiger partial charge < -0.3 is 9.74 Å². The fourth-order valence-corrected chi connectivity index (χ4v) is 4.47. The van der Waals surface area contributed by atoms with Gasteiger partial charge in [-0.2, -0.15) is 39.5 Å². The smallest absolute Gasteiger partial charge is 0.374 e. The molecule has 2 aliphatic heterocycles. The van der Waals surface area contributed by atoms with E-state index in [-0.39, 0.29) is 54.2 Å². The van der Waals surface area contributed by atoms with Crippen LogP contribution in [0.5, 0.6) is 0 Å². The highest BCUT2D eigenvalue weighted by Crippen LogP contribution is 2.51. The minimum atomic E-state index is -5.47. The average Bonchev–Trinajstić information content (AvgIpc) is 3.27. The third kappa shape index (κ3) is 5.17. The molecule has 0 bridgehead atoms. The molecule has 0 radical (unpaired) electrons. The highest BCUT2D eigenvalue weighted by molar-refractivity contribution is 6.02. The topological polar surface area (TPSA) is 41.9 Å². The zero-order chi connectivity index (χ0) is 29.2. The van der Waals surface area contributed by atoms with E-state index in [2.05, 4.69) is 9.99 Å². The van der Waals surface area contributed by atoms with Gasteiger partial charge in [0.15, 0.2) is 5.67 Å². The van der Waals surface area contributed by atoms with E-state index in [9.17, 15) is 44.3 Å². The molecule has 0 aliphatic carbocycles. The zero-order valence-electron chi connectivity index (χ0n) is 20.2. The van der Waals surface area contributed by atoms with Crippen LogP contribution in [0.2, 0.25) is 0 Å². The van der Waals surface area contributed by atoms with E-state index in [4.69, 9.17) is 0 Å². The van der Waals surface area contributed by atoms with Gasteiger partial charge >= 0.3 is 18.5 Å². The van der Waals surface area contributed by atoms with Crippen LogP contribution in [-0.4, -0.2) is 35.8 Å². The van der Waals surface area contributed by atoms with Crippen LogP contribution in [0.4, 0.5) is 43.9 Å². The summed E-state index contributed by atoms with van der Waals surface area (Å²) >= 11 is 0. The molecule has 1 atom stereocenters. The van der Waals surface area contributed by atoms with Crippen molar-refractivity contribution in [2.75, 3.05) is 13.1 Å². The van der Waals surface area contributed by atoms with Crippen molar-refractivity contribution in [1.29, 1.82) is 0 Å². The van der Waals surface area contributed by atoms with Gasteiger partial charge in [-0.15, -0.1) is 0 Å². The maximum Gasteiger partial charge on any atom is 0.435 e. The lowest BCUT2D eigenvalue weighted by Gasteiger charge is -2.45. The van der Waals surface area contributed by atoms with Crippen molar-refractivity contribution in [3.05, 3.63) is 70.3 Å². The second-order valence-corrected chi connectivity index (χ2v) is 9.82. The first-order chi connectivity index (χ1) is 17.8. The van der Waals surface area contributed by atoms with Crippen molar-refractivity contribution < 1.29 is 53.5 Å². The lowest BCUT2D eigenvalue weighted by Crippen LogP contribution is -2.59. The summed E-state index contributed by atoms with van der Waals surface area (Å²) in [6, 6.07) is 4.57. The molecular formula is C25H20F10N2O2. The molecule has 2 heterocycles. The second-order valence-electron chi connectivity index (χ2n) is 9.82. The minimum Gasteiger partial charge on any atom is -0.374 e. The second kappa shape index (κ2) is 9.12. The standard InChI is InChI=1S/C25H20F10N2O2/c1-13(2)20(38)37-11-21(26,12-37)15-5-3-14(4-6-15)19-10-22(39-36-19,25(33,34)35)16-7-17(23(27,28)29)9-18(8-16)24(30,31)32/h3-9,13H,10-12H2,1-2H3. The van der Waals surface area contributed by atoms with Gasteiger partial charge in [-0.3, -0.25) is 4.79 Å². The molecule has 1 fully saturated rings. The van der Waals surface area contributed by atoms with E-state index < -0.39 is 58.6 Å². The Morgan fingerprint density at radius 2 is 1.38 bits per heavy atom. The Morgan fingerprint density at radius 1 is 0.872 bits per heavy atom. The zero-order valence-corrected chi connectivity index (χ0v) is 20.2. The Hall–Kier alpha value is -3.32. The number of rotatable bonds is 4. The summed E-state index contributed by atoms with van der Waals surface area (Å²) in [5, 5.41) is 3.35. The van der Waals surface area contributed by atoms with Crippen LogP contribution >= 0.6 is 0 Å². The van der Waals surface area contributed by atoms with Gasteiger partial charge in [0.1, 0.15) is 0 Å². The van der Waals surface area contributed by atoms with E-state index in [1.807, 2.05) is 0 Å². The number of hydrogen-bond acceptors (Lipinski definition) is 3. The monoisotopic (exact) mass is 570 g/mol. The van der Waals surface area contributed by atoms with Gasteiger partial charge in [0.05, 0.1) is 29.9 Å². The summed E-state index contributed by atoms with van der Waals surface area (Å²) in [7, 11) is 0. The number of carbonyl (C=O) groups is 1. The predicted molar refractivity (Wildman–Crippen MR) is 117 cm³/mol. The normalized spacial score (nSPS) is 21.5. The van der Waals surface area contributed by atoms with Crippen molar-refractivity contribution in [3.63, 3.8) is 0 Å². The molecule has 2 aromatic rings. The molecule has 14 heteroatoms. The molecule has 1 unspecified atom stereocenters. The number of hydrogen-bond donors (Lipinski definition) is 0. The average molecular weight is 570 g/mol. The molecule has 0 saturated carbocycles. The van der Waals surface area contributed by atoms with E-state index in [0.717, 1.165) is 0 Å². The van der Waals surface area contributed by atoms with E-state index in [0.29, 0.717) is 0 Å². The first-order valence-electron chi connectivity index (χ1n) is 11.5. The first kappa shape index (κ1) is 28.7. The number of halogens is 10. The van der Waals surface area contributed by atoms with E-state index >= 15 is 4.39 Å². The highest BCUT2D eigenvalue weighted by atomic mass is 19.4. The Labute approximate surface area is 215 Å². The number of alkyl halides is 10. The SMILES string of the molecule is CC(C)C(=O)N1CC(F)(c2ccc(C3=NOC(c4cc(C(F)(F)F)cc(C(F)(F)F)c4)(C(F)(F)F)C3)cc2)C1. The molecule has 1 saturated heterocycles. The quantitative estimate of drug-likeness (QED) is 0.373. The van der Waals surface area contributed by atoms with Crippen LogP contribution in [0.1, 0.15) is 48.1 Å². The fourth-order valence-electron chi connectivity index (χ4n) is 4.47. The maximum absolute atomic E-state index is 15.2. The number of nitrogens with zero attached hydrogens (tertiary/aromatic N) is 2. The third-order valence-corrected chi connectivity index (χ3v) is 6.66. The number of benzene rings is 2. The van der Waals surface area contributed by atoms with Crippen LogP contribution in [0.25, 0.3) is 0 Å². The number of oxime groups is 1. The van der Waals surface area contributed by atoms with Gasteiger partial charge in [0, 0.05) is 17.9 Å². The van der Waals surface area contributed by atoms with Crippen molar-refractivity contribution in [2.45, 2.75) is 50.1 Å².